The van der Waals surface area contributed by atoms with Crippen LogP contribution in [0.25, 0.3) is 0 Å². The summed E-state index contributed by atoms with van der Waals surface area (Å²) in [7, 11) is 0. The number of rotatable bonds is 6. The second-order valence-corrected chi connectivity index (χ2v) is 7.90. The van der Waals surface area contributed by atoms with Crippen molar-refractivity contribution in [1.82, 2.24) is 10.2 Å². The van der Waals surface area contributed by atoms with Gasteiger partial charge in [-0.15, -0.1) is 0 Å². The minimum Gasteiger partial charge on any atom is -0.489 e. The molecule has 0 unspecified atom stereocenters. The molecule has 1 saturated heterocycles. The largest absolute Gasteiger partial charge is 0.489 e. The van der Waals surface area contributed by atoms with Crippen molar-refractivity contribution in [1.29, 1.82) is 0 Å². The molecule has 3 aromatic rings. The molecule has 160 valence electrons. The van der Waals surface area contributed by atoms with Gasteiger partial charge in [0, 0.05) is 29.7 Å². The first kappa shape index (κ1) is 21.0. The summed E-state index contributed by atoms with van der Waals surface area (Å²) < 4.78 is 11.0. The summed E-state index contributed by atoms with van der Waals surface area (Å²) in [4.78, 5) is 26.8. The smallest absolute Gasteiger partial charge is 0.289 e. The molecule has 0 radical (unpaired) electrons. The standard InChI is InChI=1S/C24H23ClN2O4/c25-19-6-1-4-17(14-19)16-31-21-7-2-5-18(15-21)23(28)26-20-9-11-27(12-10-20)24(29)22-8-3-13-30-22/h1-8,13-15,20H,9-12,16H2,(H,26,28). The summed E-state index contributed by atoms with van der Waals surface area (Å²) in [5.74, 6) is 0.701. The number of halogens is 1. The second-order valence-electron chi connectivity index (χ2n) is 7.46. The van der Waals surface area contributed by atoms with Crippen LogP contribution in [0.15, 0.2) is 71.3 Å². The van der Waals surface area contributed by atoms with Gasteiger partial charge in [0.1, 0.15) is 12.4 Å². The van der Waals surface area contributed by atoms with Gasteiger partial charge in [-0.1, -0.05) is 29.8 Å². The molecule has 0 atom stereocenters. The summed E-state index contributed by atoms with van der Waals surface area (Å²) in [5.41, 5.74) is 1.50. The van der Waals surface area contributed by atoms with Crippen LogP contribution in [0.2, 0.25) is 5.02 Å². The van der Waals surface area contributed by atoms with E-state index in [1.165, 1.54) is 6.26 Å². The van der Waals surface area contributed by atoms with Crippen LogP contribution in [0.5, 0.6) is 5.75 Å². The van der Waals surface area contributed by atoms with E-state index in [0.29, 0.717) is 54.6 Å². The number of nitrogens with zero attached hydrogens (tertiary/aromatic N) is 1. The summed E-state index contributed by atoms with van der Waals surface area (Å²) in [6.07, 6.45) is 2.89. The average molecular weight is 439 g/mol. The van der Waals surface area contributed by atoms with Gasteiger partial charge < -0.3 is 19.4 Å². The SMILES string of the molecule is O=C(NC1CCN(C(=O)c2ccco2)CC1)c1cccc(OCc2cccc(Cl)c2)c1. The summed E-state index contributed by atoms with van der Waals surface area (Å²) in [5, 5.41) is 3.72. The van der Waals surface area contributed by atoms with Crippen molar-refractivity contribution in [2.24, 2.45) is 0 Å². The number of piperidine rings is 1. The van der Waals surface area contributed by atoms with E-state index in [1.807, 2.05) is 30.3 Å². The molecule has 0 bridgehead atoms. The average Bonchev–Trinajstić information content (AvgIpc) is 3.33. The van der Waals surface area contributed by atoms with Crippen LogP contribution in [0.1, 0.15) is 39.3 Å². The number of amides is 2. The molecule has 31 heavy (non-hydrogen) atoms. The van der Waals surface area contributed by atoms with Crippen LogP contribution in [0.3, 0.4) is 0 Å². The lowest BCUT2D eigenvalue weighted by Crippen LogP contribution is -2.46. The molecule has 1 aromatic heterocycles. The molecule has 7 heteroatoms. The number of carbonyl (C=O) groups excluding carboxylic acids is 2. The van der Waals surface area contributed by atoms with Crippen molar-refractivity contribution >= 4 is 23.4 Å². The van der Waals surface area contributed by atoms with Gasteiger partial charge in [0.05, 0.1) is 6.26 Å². The number of likely N-dealkylation sites (tertiary alicyclic amines) is 1. The Morgan fingerprint density at radius 3 is 2.61 bits per heavy atom. The molecule has 1 fully saturated rings. The van der Waals surface area contributed by atoms with E-state index in [0.717, 1.165) is 5.56 Å². The van der Waals surface area contributed by atoms with Crippen molar-refractivity contribution in [3.8, 4) is 5.75 Å². The predicted molar refractivity (Wildman–Crippen MR) is 117 cm³/mol. The fraction of sp³-hybridized carbons (Fsp3) is 0.250. The first-order chi connectivity index (χ1) is 15.1. The van der Waals surface area contributed by atoms with E-state index in [2.05, 4.69) is 5.32 Å². The molecule has 2 heterocycles. The van der Waals surface area contributed by atoms with Crippen LogP contribution in [0, 0.1) is 0 Å². The number of hydrogen-bond donors (Lipinski definition) is 1. The molecular weight excluding hydrogens is 416 g/mol. The van der Waals surface area contributed by atoms with Gasteiger partial charge in [0.15, 0.2) is 5.76 Å². The van der Waals surface area contributed by atoms with Gasteiger partial charge in [-0.3, -0.25) is 9.59 Å². The molecule has 2 aromatic carbocycles. The molecule has 6 nitrogen and oxygen atoms in total. The number of benzene rings is 2. The summed E-state index contributed by atoms with van der Waals surface area (Å²) >= 11 is 6.00. The fourth-order valence-corrected chi connectivity index (χ4v) is 3.79. The van der Waals surface area contributed by atoms with Crippen LogP contribution in [0.4, 0.5) is 0 Å². The molecule has 1 aliphatic rings. The van der Waals surface area contributed by atoms with Crippen LogP contribution in [-0.4, -0.2) is 35.8 Å². The lowest BCUT2D eigenvalue weighted by atomic mass is 10.0. The zero-order valence-corrected chi connectivity index (χ0v) is 17.7. The maximum Gasteiger partial charge on any atom is 0.289 e. The molecule has 2 amide bonds. The fourth-order valence-electron chi connectivity index (χ4n) is 3.57. The van der Waals surface area contributed by atoms with Crippen molar-refractivity contribution in [3.05, 3.63) is 88.8 Å². The quantitative estimate of drug-likeness (QED) is 0.613. The van der Waals surface area contributed by atoms with Gasteiger partial charge in [-0.25, -0.2) is 0 Å². The number of ether oxygens (including phenoxy) is 1. The van der Waals surface area contributed by atoms with Crippen molar-refractivity contribution in [2.75, 3.05) is 13.1 Å². The zero-order valence-electron chi connectivity index (χ0n) is 16.9. The predicted octanol–water partition coefficient (Wildman–Crippen LogP) is 4.55. The molecule has 0 spiro atoms. The summed E-state index contributed by atoms with van der Waals surface area (Å²) in [6, 6.07) is 18.0. The van der Waals surface area contributed by atoms with E-state index < -0.39 is 0 Å². The minimum absolute atomic E-state index is 0.0178. The highest BCUT2D eigenvalue weighted by Crippen LogP contribution is 2.19. The number of nitrogens with one attached hydrogen (secondary N) is 1. The van der Waals surface area contributed by atoms with Crippen LogP contribution < -0.4 is 10.1 Å². The lowest BCUT2D eigenvalue weighted by Gasteiger charge is -2.31. The minimum atomic E-state index is -0.149. The van der Waals surface area contributed by atoms with E-state index in [4.69, 9.17) is 20.8 Å². The highest BCUT2D eigenvalue weighted by atomic mass is 35.5. The van der Waals surface area contributed by atoms with E-state index >= 15 is 0 Å². The van der Waals surface area contributed by atoms with Gasteiger partial charge >= 0.3 is 0 Å². The van der Waals surface area contributed by atoms with E-state index in [9.17, 15) is 9.59 Å². The maximum absolute atomic E-state index is 12.7. The Bertz CT molecular complexity index is 1040. The Kier molecular flexibility index (Phi) is 6.57. The molecule has 0 aliphatic carbocycles. The highest BCUT2D eigenvalue weighted by Gasteiger charge is 2.26. The molecular formula is C24H23ClN2O4. The van der Waals surface area contributed by atoms with Gasteiger partial charge in [0.25, 0.3) is 11.8 Å². The Labute approximate surface area is 185 Å². The monoisotopic (exact) mass is 438 g/mol. The molecule has 1 aliphatic heterocycles. The topological polar surface area (TPSA) is 71.8 Å². The van der Waals surface area contributed by atoms with Crippen molar-refractivity contribution in [2.45, 2.75) is 25.5 Å². The van der Waals surface area contributed by atoms with Crippen LogP contribution in [-0.2, 0) is 6.61 Å². The van der Waals surface area contributed by atoms with E-state index in [1.54, 1.807) is 35.2 Å². The van der Waals surface area contributed by atoms with Crippen molar-refractivity contribution in [3.63, 3.8) is 0 Å². The number of carbonyl (C=O) groups is 2. The number of hydrogen-bond acceptors (Lipinski definition) is 4. The third-order valence-corrected chi connectivity index (χ3v) is 5.48. The van der Waals surface area contributed by atoms with E-state index in [-0.39, 0.29) is 17.9 Å². The van der Waals surface area contributed by atoms with Crippen LogP contribution >= 0.6 is 11.6 Å². The third kappa shape index (κ3) is 5.47. The first-order valence-electron chi connectivity index (χ1n) is 10.2. The third-order valence-electron chi connectivity index (χ3n) is 5.24. The Morgan fingerprint density at radius 2 is 1.87 bits per heavy atom. The molecule has 4 rings (SSSR count). The Hall–Kier alpha value is -3.25. The van der Waals surface area contributed by atoms with Gasteiger partial charge in [-0.2, -0.15) is 0 Å². The lowest BCUT2D eigenvalue weighted by molar-refractivity contribution is 0.0667. The first-order valence-corrected chi connectivity index (χ1v) is 10.6. The summed E-state index contributed by atoms with van der Waals surface area (Å²) in [6.45, 7) is 1.52. The van der Waals surface area contributed by atoms with Crippen molar-refractivity contribution < 1.29 is 18.7 Å². The Balaban J connectivity index is 1.29. The maximum atomic E-state index is 12.7. The second kappa shape index (κ2) is 9.71. The van der Waals surface area contributed by atoms with Gasteiger partial charge in [-0.05, 0) is 60.9 Å². The Morgan fingerprint density at radius 1 is 1.06 bits per heavy atom. The molecule has 0 saturated carbocycles. The molecule has 1 N–H and O–H groups in total. The zero-order chi connectivity index (χ0) is 21.6. The number of furan rings is 1. The van der Waals surface area contributed by atoms with Gasteiger partial charge in [0.2, 0.25) is 0 Å². The highest BCUT2D eigenvalue weighted by molar-refractivity contribution is 6.30. The normalized spacial score (nSPS) is 14.3.